The van der Waals surface area contributed by atoms with Gasteiger partial charge in [0.25, 0.3) is 0 Å². The fraction of sp³-hybridized carbons (Fsp3) is 0.263. The molecular formula is C19H21N. The molecule has 0 saturated heterocycles. The standard InChI is InChI=1S/C19H21N/c1-20(2)19(16-9-4-3-5-10-16)18-13-12-15-8-6-7-11-17(15)14-18/h3-5,7,9-14,19H,6,8H2,1-2H3/t19-/m0/s1. The molecule has 1 nitrogen and oxygen atoms in total. The van der Waals surface area contributed by atoms with Gasteiger partial charge in [0.15, 0.2) is 0 Å². The van der Waals surface area contributed by atoms with Crippen molar-refractivity contribution in [3.63, 3.8) is 0 Å². The fourth-order valence-corrected chi connectivity index (χ4v) is 3.04. The summed E-state index contributed by atoms with van der Waals surface area (Å²) in [4.78, 5) is 2.28. The lowest BCUT2D eigenvalue weighted by Gasteiger charge is -2.26. The molecule has 1 aliphatic carbocycles. The van der Waals surface area contributed by atoms with Gasteiger partial charge in [-0.1, -0.05) is 54.6 Å². The predicted molar refractivity (Wildman–Crippen MR) is 85.8 cm³/mol. The van der Waals surface area contributed by atoms with Gasteiger partial charge >= 0.3 is 0 Å². The number of allylic oxidation sites excluding steroid dienone is 1. The van der Waals surface area contributed by atoms with Crippen LogP contribution in [0.5, 0.6) is 0 Å². The molecule has 1 atom stereocenters. The second-order valence-corrected chi connectivity index (χ2v) is 5.68. The molecule has 0 fully saturated rings. The highest BCUT2D eigenvalue weighted by molar-refractivity contribution is 5.58. The lowest BCUT2D eigenvalue weighted by Crippen LogP contribution is -2.21. The number of hydrogen-bond acceptors (Lipinski definition) is 1. The lowest BCUT2D eigenvalue weighted by atomic mass is 9.91. The Hall–Kier alpha value is -1.86. The molecule has 0 bridgehead atoms. The van der Waals surface area contributed by atoms with E-state index in [9.17, 15) is 0 Å². The molecule has 0 unspecified atom stereocenters. The maximum absolute atomic E-state index is 2.35. The third kappa shape index (κ3) is 2.54. The Morgan fingerprint density at radius 1 is 0.950 bits per heavy atom. The summed E-state index contributed by atoms with van der Waals surface area (Å²) in [6.07, 6.45) is 6.88. The van der Waals surface area contributed by atoms with Crippen molar-refractivity contribution in [1.82, 2.24) is 4.90 Å². The van der Waals surface area contributed by atoms with Crippen LogP contribution in [0.2, 0.25) is 0 Å². The maximum Gasteiger partial charge on any atom is 0.0597 e. The number of aryl methyl sites for hydroxylation is 1. The molecule has 0 N–H and O–H groups in total. The molecule has 0 aromatic heterocycles. The second-order valence-electron chi connectivity index (χ2n) is 5.68. The molecule has 0 radical (unpaired) electrons. The first-order chi connectivity index (χ1) is 9.75. The smallest absolute Gasteiger partial charge is 0.0597 e. The molecule has 2 aromatic carbocycles. The number of fused-ring (bicyclic) bond motifs is 1. The van der Waals surface area contributed by atoms with Crippen LogP contribution in [0, 0.1) is 0 Å². The van der Waals surface area contributed by atoms with E-state index in [2.05, 4.69) is 79.7 Å². The zero-order valence-corrected chi connectivity index (χ0v) is 12.2. The highest BCUT2D eigenvalue weighted by Crippen LogP contribution is 2.30. The molecule has 1 heteroatoms. The van der Waals surface area contributed by atoms with Gasteiger partial charge in [-0.05, 0) is 55.3 Å². The van der Waals surface area contributed by atoms with Crippen LogP contribution < -0.4 is 0 Å². The molecule has 0 saturated carbocycles. The van der Waals surface area contributed by atoms with Crippen LogP contribution in [-0.2, 0) is 6.42 Å². The van der Waals surface area contributed by atoms with E-state index in [4.69, 9.17) is 0 Å². The molecule has 0 aliphatic heterocycles. The van der Waals surface area contributed by atoms with Crippen molar-refractivity contribution in [3.05, 3.63) is 76.9 Å². The largest absolute Gasteiger partial charge is 0.299 e. The Kier molecular flexibility index (Phi) is 3.70. The van der Waals surface area contributed by atoms with Crippen molar-refractivity contribution in [2.75, 3.05) is 14.1 Å². The fourth-order valence-electron chi connectivity index (χ4n) is 3.04. The predicted octanol–water partition coefficient (Wildman–Crippen LogP) is 4.30. The second kappa shape index (κ2) is 5.64. The van der Waals surface area contributed by atoms with Crippen LogP contribution in [0.4, 0.5) is 0 Å². The third-order valence-corrected chi connectivity index (χ3v) is 4.00. The highest BCUT2D eigenvalue weighted by atomic mass is 15.1. The minimum absolute atomic E-state index is 0.317. The van der Waals surface area contributed by atoms with E-state index in [0.29, 0.717) is 6.04 Å². The van der Waals surface area contributed by atoms with Crippen LogP contribution in [0.3, 0.4) is 0 Å². The van der Waals surface area contributed by atoms with Crippen molar-refractivity contribution in [2.45, 2.75) is 18.9 Å². The van der Waals surface area contributed by atoms with E-state index >= 15 is 0 Å². The first kappa shape index (κ1) is 13.1. The van der Waals surface area contributed by atoms with Crippen molar-refractivity contribution in [2.24, 2.45) is 0 Å². The summed E-state index contributed by atoms with van der Waals surface area (Å²) in [5, 5.41) is 0. The molecule has 2 aromatic rings. The lowest BCUT2D eigenvalue weighted by molar-refractivity contribution is 0.342. The van der Waals surface area contributed by atoms with Gasteiger partial charge in [0, 0.05) is 0 Å². The zero-order valence-electron chi connectivity index (χ0n) is 12.2. The molecule has 20 heavy (non-hydrogen) atoms. The first-order valence-electron chi connectivity index (χ1n) is 7.26. The van der Waals surface area contributed by atoms with Crippen molar-refractivity contribution in [1.29, 1.82) is 0 Å². The third-order valence-electron chi connectivity index (χ3n) is 4.00. The number of rotatable bonds is 3. The number of benzene rings is 2. The Bertz CT molecular complexity index is 611. The van der Waals surface area contributed by atoms with Crippen LogP contribution >= 0.6 is 0 Å². The Balaban J connectivity index is 2.03. The zero-order chi connectivity index (χ0) is 13.9. The van der Waals surface area contributed by atoms with E-state index in [-0.39, 0.29) is 0 Å². The van der Waals surface area contributed by atoms with Gasteiger partial charge in [0.2, 0.25) is 0 Å². The van der Waals surface area contributed by atoms with Gasteiger partial charge in [-0.2, -0.15) is 0 Å². The number of nitrogens with zero attached hydrogens (tertiary/aromatic N) is 1. The van der Waals surface area contributed by atoms with Crippen molar-refractivity contribution >= 4 is 6.08 Å². The molecule has 0 spiro atoms. The van der Waals surface area contributed by atoms with E-state index < -0.39 is 0 Å². The van der Waals surface area contributed by atoms with Gasteiger partial charge in [-0.3, -0.25) is 4.90 Å². The maximum atomic E-state index is 2.35. The van der Waals surface area contributed by atoms with E-state index in [0.717, 1.165) is 0 Å². The molecular weight excluding hydrogens is 242 g/mol. The summed E-state index contributed by atoms with van der Waals surface area (Å²) in [6.45, 7) is 0. The Morgan fingerprint density at radius 3 is 2.50 bits per heavy atom. The summed E-state index contributed by atoms with van der Waals surface area (Å²) < 4.78 is 0. The minimum atomic E-state index is 0.317. The van der Waals surface area contributed by atoms with Gasteiger partial charge < -0.3 is 0 Å². The molecule has 102 valence electrons. The summed E-state index contributed by atoms with van der Waals surface area (Å²) in [7, 11) is 4.29. The van der Waals surface area contributed by atoms with E-state index in [1.54, 1.807) is 0 Å². The first-order valence-corrected chi connectivity index (χ1v) is 7.26. The monoisotopic (exact) mass is 263 g/mol. The quantitative estimate of drug-likeness (QED) is 0.798. The van der Waals surface area contributed by atoms with Crippen LogP contribution in [0.1, 0.15) is 34.7 Å². The van der Waals surface area contributed by atoms with Gasteiger partial charge in [-0.15, -0.1) is 0 Å². The van der Waals surface area contributed by atoms with Gasteiger partial charge in [0.1, 0.15) is 0 Å². The minimum Gasteiger partial charge on any atom is -0.299 e. The summed E-state index contributed by atoms with van der Waals surface area (Å²) in [6, 6.07) is 18.0. The van der Waals surface area contributed by atoms with Crippen molar-refractivity contribution in [3.8, 4) is 0 Å². The normalized spacial score (nSPS) is 15.2. The van der Waals surface area contributed by atoms with Crippen LogP contribution in [0.15, 0.2) is 54.6 Å². The Morgan fingerprint density at radius 2 is 1.75 bits per heavy atom. The molecule has 1 aliphatic rings. The SMILES string of the molecule is CN(C)[C@@H](c1ccccc1)c1ccc2c(c1)C=CCC2. The summed E-state index contributed by atoms with van der Waals surface area (Å²) in [5.74, 6) is 0. The van der Waals surface area contributed by atoms with Gasteiger partial charge in [0.05, 0.1) is 6.04 Å². The van der Waals surface area contributed by atoms with Crippen LogP contribution in [0.25, 0.3) is 6.08 Å². The average molecular weight is 263 g/mol. The molecule has 0 amide bonds. The summed E-state index contributed by atoms with van der Waals surface area (Å²) >= 11 is 0. The van der Waals surface area contributed by atoms with Crippen LogP contribution in [-0.4, -0.2) is 19.0 Å². The van der Waals surface area contributed by atoms with Crippen molar-refractivity contribution < 1.29 is 0 Å². The molecule has 3 rings (SSSR count). The van der Waals surface area contributed by atoms with E-state index in [1.807, 2.05) is 0 Å². The van der Waals surface area contributed by atoms with Gasteiger partial charge in [-0.25, -0.2) is 0 Å². The topological polar surface area (TPSA) is 3.24 Å². The highest BCUT2D eigenvalue weighted by Gasteiger charge is 2.17. The Labute approximate surface area is 121 Å². The number of hydrogen-bond donors (Lipinski definition) is 0. The average Bonchev–Trinajstić information content (AvgIpc) is 2.48. The molecule has 0 heterocycles. The summed E-state index contributed by atoms with van der Waals surface area (Å²) in [5.41, 5.74) is 5.57. The van der Waals surface area contributed by atoms with E-state index in [1.165, 1.54) is 35.1 Å².